The molecule has 1 N–H and O–H groups in total. The van der Waals surface area contributed by atoms with E-state index in [0.29, 0.717) is 5.88 Å². The molecule has 0 unspecified atom stereocenters. The lowest BCUT2D eigenvalue weighted by molar-refractivity contribution is 0.450. The van der Waals surface area contributed by atoms with Crippen LogP contribution in [0.2, 0.25) is 0 Å². The molecule has 0 fully saturated rings. The number of pyridine rings is 1. The summed E-state index contributed by atoms with van der Waals surface area (Å²) in [6.45, 7) is 5.95. The normalized spacial score (nSPS) is 10.6. The number of nitrogens with one attached hydrogen (secondary N) is 1. The summed E-state index contributed by atoms with van der Waals surface area (Å²) in [6, 6.07) is 9.98. The number of hydrogen-bond acceptors (Lipinski definition) is 3. The Kier molecular flexibility index (Phi) is 5.56. The predicted octanol–water partition coefficient (Wildman–Crippen LogP) is 4.44. The Hall–Kier alpha value is -1.39. The molecule has 0 radical (unpaired) electrons. The number of ether oxygens (including phenoxy) is 1. The van der Waals surface area contributed by atoms with Crippen LogP contribution < -0.4 is 10.1 Å². The van der Waals surface area contributed by atoms with Gasteiger partial charge in [-0.05, 0) is 59.6 Å². The molecule has 3 nitrogen and oxygen atoms in total. The van der Waals surface area contributed by atoms with Crippen LogP contribution in [0.15, 0.2) is 41.0 Å². The SMILES string of the molecule is CCCNCc1cccnc1Oc1ccc(C)cc1Br. The molecule has 2 rings (SSSR count). The van der Waals surface area contributed by atoms with Gasteiger partial charge >= 0.3 is 0 Å². The highest BCUT2D eigenvalue weighted by molar-refractivity contribution is 9.10. The molecule has 20 heavy (non-hydrogen) atoms. The summed E-state index contributed by atoms with van der Waals surface area (Å²) in [4.78, 5) is 4.33. The minimum Gasteiger partial charge on any atom is -0.438 e. The van der Waals surface area contributed by atoms with Crippen LogP contribution in [-0.2, 0) is 6.54 Å². The second-order valence-corrected chi connectivity index (χ2v) is 5.53. The molecule has 0 amide bonds. The van der Waals surface area contributed by atoms with Crippen LogP contribution in [-0.4, -0.2) is 11.5 Å². The molecule has 0 atom stereocenters. The fourth-order valence-electron chi connectivity index (χ4n) is 1.84. The standard InChI is InChI=1S/C16H19BrN2O/c1-3-8-18-11-13-5-4-9-19-16(13)20-15-7-6-12(2)10-14(15)17/h4-7,9-10,18H,3,8,11H2,1-2H3. The minimum atomic E-state index is 0.653. The number of aryl methyl sites for hydroxylation is 1. The molecule has 1 aromatic carbocycles. The zero-order valence-corrected chi connectivity index (χ0v) is 13.4. The van der Waals surface area contributed by atoms with E-state index in [1.807, 2.05) is 30.3 Å². The second-order valence-electron chi connectivity index (χ2n) is 4.68. The predicted molar refractivity (Wildman–Crippen MR) is 85.2 cm³/mol. The van der Waals surface area contributed by atoms with Crippen molar-refractivity contribution in [3.63, 3.8) is 0 Å². The summed E-state index contributed by atoms with van der Waals surface area (Å²) in [5, 5.41) is 3.37. The molecule has 106 valence electrons. The van der Waals surface area contributed by atoms with Crippen LogP contribution in [0.1, 0.15) is 24.5 Å². The Balaban J connectivity index is 2.16. The van der Waals surface area contributed by atoms with Gasteiger partial charge in [0, 0.05) is 18.3 Å². The fourth-order valence-corrected chi connectivity index (χ4v) is 2.42. The van der Waals surface area contributed by atoms with Gasteiger partial charge in [-0.1, -0.05) is 19.1 Å². The van der Waals surface area contributed by atoms with E-state index in [1.165, 1.54) is 5.56 Å². The molecule has 1 heterocycles. The van der Waals surface area contributed by atoms with E-state index in [2.05, 4.69) is 40.1 Å². The first-order valence-electron chi connectivity index (χ1n) is 6.79. The van der Waals surface area contributed by atoms with Crippen molar-refractivity contribution < 1.29 is 4.74 Å². The van der Waals surface area contributed by atoms with Gasteiger partial charge in [0.05, 0.1) is 4.47 Å². The summed E-state index contributed by atoms with van der Waals surface area (Å²) < 4.78 is 6.87. The summed E-state index contributed by atoms with van der Waals surface area (Å²) >= 11 is 3.52. The minimum absolute atomic E-state index is 0.653. The monoisotopic (exact) mass is 334 g/mol. The van der Waals surface area contributed by atoms with Crippen molar-refractivity contribution in [1.82, 2.24) is 10.3 Å². The van der Waals surface area contributed by atoms with Crippen LogP contribution in [0.25, 0.3) is 0 Å². The average Bonchev–Trinajstić information content (AvgIpc) is 2.44. The zero-order valence-electron chi connectivity index (χ0n) is 11.8. The van der Waals surface area contributed by atoms with Gasteiger partial charge in [0.2, 0.25) is 5.88 Å². The largest absolute Gasteiger partial charge is 0.438 e. The zero-order chi connectivity index (χ0) is 14.4. The number of hydrogen-bond donors (Lipinski definition) is 1. The first kappa shape index (κ1) is 15.0. The van der Waals surface area contributed by atoms with Crippen molar-refractivity contribution in [3.05, 3.63) is 52.1 Å². The topological polar surface area (TPSA) is 34.2 Å². The fraction of sp³-hybridized carbons (Fsp3) is 0.312. The van der Waals surface area contributed by atoms with Crippen LogP contribution in [0, 0.1) is 6.92 Å². The van der Waals surface area contributed by atoms with Crippen molar-refractivity contribution in [2.75, 3.05) is 6.54 Å². The van der Waals surface area contributed by atoms with Gasteiger partial charge in [0.25, 0.3) is 0 Å². The van der Waals surface area contributed by atoms with Crippen molar-refractivity contribution >= 4 is 15.9 Å². The van der Waals surface area contributed by atoms with Crippen molar-refractivity contribution in [3.8, 4) is 11.6 Å². The molecule has 0 aliphatic carbocycles. The Morgan fingerprint density at radius 3 is 2.90 bits per heavy atom. The van der Waals surface area contributed by atoms with Gasteiger partial charge in [0.15, 0.2) is 0 Å². The lowest BCUT2D eigenvalue weighted by atomic mass is 10.2. The van der Waals surface area contributed by atoms with E-state index in [1.54, 1.807) is 6.20 Å². The maximum absolute atomic E-state index is 5.93. The van der Waals surface area contributed by atoms with Crippen LogP contribution in [0.4, 0.5) is 0 Å². The van der Waals surface area contributed by atoms with E-state index >= 15 is 0 Å². The summed E-state index contributed by atoms with van der Waals surface area (Å²) in [7, 11) is 0. The van der Waals surface area contributed by atoms with Crippen LogP contribution in [0.3, 0.4) is 0 Å². The van der Waals surface area contributed by atoms with Crippen molar-refractivity contribution in [2.45, 2.75) is 26.8 Å². The molecule has 0 aliphatic rings. The molecule has 0 spiro atoms. The smallest absolute Gasteiger partial charge is 0.223 e. The molecular formula is C16H19BrN2O. The quantitative estimate of drug-likeness (QED) is 0.792. The van der Waals surface area contributed by atoms with E-state index in [-0.39, 0.29) is 0 Å². The Morgan fingerprint density at radius 1 is 1.30 bits per heavy atom. The lowest BCUT2D eigenvalue weighted by Gasteiger charge is -2.12. The maximum atomic E-state index is 5.93. The average molecular weight is 335 g/mol. The highest BCUT2D eigenvalue weighted by atomic mass is 79.9. The number of halogens is 1. The third-order valence-corrected chi connectivity index (χ3v) is 3.51. The Morgan fingerprint density at radius 2 is 2.15 bits per heavy atom. The van der Waals surface area contributed by atoms with Crippen molar-refractivity contribution in [2.24, 2.45) is 0 Å². The second kappa shape index (κ2) is 7.41. The van der Waals surface area contributed by atoms with E-state index in [0.717, 1.165) is 35.3 Å². The first-order valence-corrected chi connectivity index (χ1v) is 7.58. The molecule has 2 aromatic rings. The molecule has 1 aromatic heterocycles. The van der Waals surface area contributed by atoms with E-state index in [4.69, 9.17) is 4.74 Å². The van der Waals surface area contributed by atoms with E-state index in [9.17, 15) is 0 Å². The highest BCUT2D eigenvalue weighted by Crippen LogP contribution is 2.30. The molecule has 0 saturated heterocycles. The highest BCUT2D eigenvalue weighted by Gasteiger charge is 2.08. The summed E-state index contributed by atoms with van der Waals surface area (Å²) in [6.07, 6.45) is 2.86. The van der Waals surface area contributed by atoms with Gasteiger partial charge in [-0.25, -0.2) is 4.98 Å². The van der Waals surface area contributed by atoms with Crippen LogP contribution >= 0.6 is 15.9 Å². The third kappa shape index (κ3) is 4.05. The van der Waals surface area contributed by atoms with Gasteiger partial charge in [-0.3, -0.25) is 0 Å². The van der Waals surface area contributed by atoms with E-state index < -0.39 is 0 Å². The van der Waals surface area contributed by atoms with Crippen LogP contribution in [0.5, 0.6) is 11.6 Å². The first-order chi connectivity index (χ1) is 9.70. The number of rotatable bonds is 6. The number of benzene rings is 1. The third-order valence-electron chi connectivity index (χ3n) is 2.89. The van der Waals surface area contributed by atoms with Gasteiger partial charge in [-0.15, -0.1) is 0 Å². The molecular weight excluding hydrogens is 316 g/mol. The Labute approximate surface area is 128 Å². The Bertz CT molecular complexity index is 572. The lowest BCUT2D eigenvalue weighted by Crippen LogP contribution is -2.14. The molecule has 4 heteroatoms. The number of aromatic nitrogens is 1. The van der Waals surface area contributed by atoms with Gasteiger partial charge in [0.1, 0.15) is 5.75 Å². The summed E-state index contributed by atoms with van der Waals surface area (Å²) in [5.41, 5.74) is 2.25. The number of nitrogens with zero attached hydrogens (tertiary/aromatic N) is 1. The molecule has 0 saturated carbocycles. The molecule has 0 bridgehead atoms. The summed E-state index contributed by atoms with van der Waals surface area (Å²) in [5.74, 6) is 1.44. The van der Waals surface area contributed by atoms with Gasteiger partial charge in [-0.2, -0.15) is 0 Å². The molecule has 0 aliphatic heterocycles. The van der Waals surface area contributed by atoms with Gasteiger partial charge < -0.3 is 10.1 Å². The maximum Gasteiger partial charge on any atom is 0.223 e. The van der Waals surface area contributed by atoms with Crippen molar-refractivity contribution in [1.29, 1.82) is 0 Å².